The molecule has 0 amide bonds. The Hall–Kier alpha value is -1.81. The summed E-state index contributed by atoms with van der Waals surface area (Å²) in [6.07, 6.45) is 3.80. The highest BCUT2D eigenvalue weighted by molar-refractivity contribution is 5.67. The Morgan fingerprint density at radius 3 is 3.24 bits per heavy atom. The van der Waals surface area contributed by atoms with Crippen molar-refractivity contribution >= 4 is 0 Å². The highest BCUT2D eigenvalue weighted by atomic mass is 16.7. The van der Waals surface area contributed by atoms with Crippen LogP contribution in [0.25, 0.3) is 11.4 Å². The van der Waals surface area contributed by atoms with Crippen molar-refractivity contribution in [3.63, 3.8) is 0 Å². The summed E-state index contributed by atoms with van der Waals surface area (Å²) < 4.78 is 13.0. The quantitative estimate of drug-likeness (QED) is 0.795. The third-order valence-electron chi connectivity index (χ3n) is 2.94. The summed E-state index contributed by atoms with van der Waals surface area (Å²) in [7, 11) is 0. The van der Waals surface area contributed by atoms with Crippen molar-refractivity contribution in [3.8, 4) is 17.1 Å². The number of aromatic nitrogens is 2. The molecule has 3 rings (SSSR count). The summed E-state index contributed by atoms with van der Waals surface area (Å²) >= 11 is 0. The van der Waals surface area contributed by atoms with Gasteiger partial charge in [0, 0.05) is 24.5 Å². The molecular weight excluding hydrogens is 216 g/mol. The van der Waals surface area contributed by atoms with Gasteiger partial charge in [-0.3, -0.25) is 0 Å². The zero-order valence-electron chi connectivity index (χ0n) is 9.72. The molecule has 0 radical (unpaired) electrons. The molecule has 0 saturated carbocycles. The molecule has 0 aliphatic carbocycles. The Morgan fingerprint density at radius 1 is 1.41 bits per heavy atom. The molecule has 0 fully saturated rings. The van der Waals surface area contributed by atoms with E-state index in [9.17, 15) is 0 Å². The van der Waals surface area contributed by atoms with Crippen LogP contribution in [0.2, 0.25) is 0 Å². The Balaban J connectivity index is 2.14. The second-order valence-corrected chi connectivity index (χ2v) is 3.94. The molecule has 1 aliphatic rings. The van der Waals surface area contributed by atoms with Gasteiger partial charge in [0.25, 0.3) is 0 Å². The number of benzene rings is 1. The molecule has 4 heteroatoms. The van der Waals surface area contributed by atoms with E-state index in [1.54, 1.807) is 0 Å². The number of fused-ring (bicyclic) bond motifs is 1. The molecule has 88 valence electrons. The van der Waals surface area contributed by atoms with Crippen LogP contribution >= 0.6 is 0 Å². The van der Waals surface area contributed by atoms with E-state index in [1.807, 2.05) is 30.6 Å². The lowest BCUT2D eigenvalue weighted by Crippen LogP contribution is -2.12. The van der Waals surface area contributed by atoms with Crippen LogP contribution in [0.5, 0.6) is 5.75 Å². The van der Waals surface area contributed by atoms with Gasteiger partial charge in [-0.25, -0.2) is 4.98 Å². The first-order chi connectivity index (χ1) is 8.40. The van der Waals surface area contributed by atoms with Gasteiger partial charge in [0.1, 0.15) is 11.6 Å². The lowest BCUT2D eigenvalue weighted by molar-refractivity contribution is -0.0159. The van der Waals surface area contributed by atoms with Crippen LogP contribution in [0, 0.1) is 0 Å². The molecule has 17 heavy (non-hydrogen) atoms. The number of rotatable bonds is 2. The average molecular weight is 230 g/mol. The fourth-order valence-corrected chi connectivity index (χ4v) is 2.11. The molecule has 0 saturated heterocycles. The Kier molecular flexibility index (Phi) is 2.57. The van der Waals surface area contributed by atoms with Gasteiger partial charge in [0.05, 0.1) is 12.2 Å². The predicted octanol–water partition coefficient (Wildman–Crippen LogP) is 2.44. The molecule has 1 aliphatic heterocycles. The molecule has 4 nitrogen and oxygen atoms in total. The molecule has 1 aromatic carbocycles. The first-order valence-corrected chi connectivity index (χ1v) is 5.74. The van der Waals surface area contributed by atoms with E-state index in [0.29, 0.717) is 13.4 Å². The van der Waals surface area contributed by atoms with E-state index >= 15 is 0 Å². The van der Waals surface area contributed by atoms with E-state index in [2.05, 4.69) is 16.5 Å². The minimum Gasteiger partial charge on any atom is -0.466 e. The summed E-state index contributed by atoms with van der Waals surface area (Å²) in [5.41, 5.74) is 2.12. The van der Waals surface area contributed by atoms with Crippen molar-refractivity contribution in [3.05, 3.63) is 36.2 Å². The first-order valence-electron chi connectivity index (χ1n) is 5.74. The molecule has 0 bridgehead atoms. The fourth-order valence-electron chi connectivity index (χ4n) is 2.11. The maximum atomic E-state index is 5.60. The standard InChI is InChI=1S/C13H14N2O2/c1-2-15-7-6-14-13(15)11-5-3-4-10-8-16-9-17-12(10)11/h3-7H,2,8-9H2,1H3. The second-order valence-electron chi connectivity index (χ2n) is 3.94. The number of nitrogens with zero attached hydrogens (tertiary/aromatic N) is 2. The lowest BCUT2D eigenvalue weighted by atomic mass is 10.1. The van der Waals surface area contributed by atoms with Crippen LogP contribution in [0.15, 0.2) is 30.6 Å². The highest BCUT2D eigenvalue weighted by Crippen LogP contribution is 2.34. The normalized spacial score (nSPS) is 14.2. The van der Waals surface area contributed by atoms with Crippen molar-refractivity contribution in [2.45, 2.75) is 20.1 Å². The van der Waals surface area contributed by atoms with E-state index in [4.69, 9.17) is 9.47 Å². The molecule has 0 unspecified atom stereocenters. The van der Waals surface area contributed by atoms with Crippen LogP contribution in [-0.4, -0.2) is 16.3 Å². The Labute approximate surface area is 99.8 Å². The van der Waals surface area contributed by atoms with Gasteiger partial charge in [-0.05, 0) is 13.0 Å². The van der Waals surface area contributed by atoms with Gasteiger partial charge in [0.15, 0.2) is 6.79 Å². The first kappa shape index (κ1) is 10.4. The number of para-hydroxylation sites is 1. The number of imidazole rings is 1. The van der Waals surface area contributed by atoms with E-state index < -0.39 is 0 Å². The summed E-state index contributed by atoms with van der Waals surface area (Å²) in [4.78, 5) is 4.41. The van der Waals surface area contributed by atoms with Gasteiger partial charge in [0.2, 0.25) is 0 Å². The van der Waals surface area contributed by atoms with Crippen LogP contribution in [0.1, 0.15) is 12.5 Å². The molecular formula is C13H14N2O2. The van der Waals surface area contributed by atoms with Crippen LogP contribution < -0.4 is 4.74 Å². The van der Waals surface area contributed by atoms with Gasteiger partial charge < -0.3 is 14.0 Å². The smallest absolute Gasteiger partial charge is 0.189 e. The lowest BCUT2D eigenvalue weighted by Gasteiger charge is -2.20. The summed E-state index contributed by atoms with van der Waals surface area (Å²) in [5, 5.41) is 0. The van der Waals surface area contributed by atoms with Crippen LogP contribution in [-0.2, 0) is 17.9 Å². The molecule has 0 atom stereocenters. The predicted molar refractivity (Wildman–Crippen MR) is 63.6 cm³/mol. The van der Waals surface area contributed by atoms with Crippen molar-refractivity contribution in [2.24, 2.45) is 0 Å². The Bertz CT molecular complexity index is 534. The molecule has 0 spiro atoms. The van der Waals surface area contributed by atoms with Gasteiger partial charge in [-0.1, -0.05) is 12.1 Å². The minimum atomic E-state index is 0.316. The topological polar surface area (TPSA) is 36.3 Å². The van der Waals surface area contributed by atoms with E-state index in [-0.39, 0.29) is 0 Å². The number of ether oxygens (including phenoxy) is 2. The number of hydrogen-bond acceptors (Lipinski definition) is 3. The van der Waals surface area contributed by atoms with Gasteiger partial charge >= 0.3 is 0 Å². The average Bonchev–Trinajstić information content (AvgIpc) is 2.86. The van der Waals surface area contributed by atoms with Crippen molar-refractivity contribution in [1.82, 2.24) is 9.55 Å². The van der Waals surface area contributed by atoms with Crippen molar-refractivity contribution in [1.29, 1.82) is 0 Å². The van der Waals surface area contributed by atoms with E-state index in [1.165, 1.54) is 0 Å². The van der Waals surface area contributed by atoms with E-state index in [0.717, 1.165) is 29.2 Å². The number of aryl methyl sites for hydroxylation is 1. The third-order valence-corrected chi connectivity index (χ3v) is 2.94. The number of hydrogen-bond donors (Lipinski definition) is 0. The summed E-state index contributed by atoms with van der Waals surface area (Å²) in [6, 6.07) is 6.08. The van der Waals surface area contributed by atoms with Crippen molar-refractivity contribution in [2.75, 3.05) is 6.79 Å². The van der Waals surface area contributed by atoms with Gasteiger partial charge in [-0.15, -0.1) is 0 Å². The van der Waals surface area contributed by atoms with Gasteiger partial charge in [-0.2, -0.15) is 0 Å². The second kappa shape index (κ2) is 4.22. The maximum Gasteiger partial charge on any atom is 0.189 e. The minimum absolute atomic E-state index is 0.316. The summed E-state index contributed by atoms with van der Waals surface area (Å²) in [5.74, 6) is 1.85. The molecule has 0 N–H and O–H groups in total. The SMILES string of the molecule is CCn1ccnc1-c1cccc2c1OCOC2. The van der Waals surface area contributed by atoms with Crippen LogP contribution in [0.3, 0.4) is 0 Å². The zero-order valence-corrected chi connectivity index (χ0v) is 9.72. The summed E-state index contributed by atoms with van der Waals surface area (Å²) in [6.45, 7) is 3.92. The molecule has 1 aromatic heterocycles. The zero-order chi connectivity index (χ0) is 11.7. The fraction of sp³-hybridized carbons (Fsp3) is 0.308. The van der Waals surface area contributed by atoms with Crippen molar-refractivity contribution < 1.29 is 9.47 Å². The van der Waals surface area contributed by atoms with Crippen LogP contribution in [0.4, 0.5) is 0 Å². The molecule has 2 aromatic rings. The maximum absolute atomic E-state index is 5.60. The largest absolute Gasteiger partial charge is 0.466 e. The Morgan fingerprint density at radius 2 is 2.35 bits per heavy atom. The monoisotopic (exact) mass is 230 g/mol. The third kappa shape index (κ3) is 1.70. The molecule has 2 heterocycles. The highest BCUT2D eigenvalue weighted by Gasteiger charge is 2.18.